The molecule has 2 aromatic rings. The number of aryl methyl sites for hydroxylation is 1. The molecule has 1 N–H and O–H groups in total. The zero-order chi connectivity index (χ0) is 21.8. The highest BCUT2D eigenvalue weighted by atomic mass is 16.5. The number of piperidine rings is 1. The summed E-state index contributed by atoms with van der Waals surface area (Å²) in [4.78, 5) is 15.3. The van der Waals surface area contributed by atoms with Gasteiger partial charge in [0.15, 0.2) is 0 Å². The number of methoxy groups -OCH3 is 2. The molecule has 0 aliphatic carbocycles. The van der Waals surface area contributed by atoms with Crippen LogP contribution in [0.5, 0.6) is 17.2 Å². The van der Waals surface area contributed by atoms with Crippen LogP contribution in [0.15, 0.2) is 36.4 Å². The largest absolute Gasteiger partial charge is 0.507 e. The predicted octanol–water partition coefficient (Wildman–Crippen LogP) is 4.74. The van der Waals surface area contributed by atoms with Gasteiger partial charge in [-0.1, -0.05) is 43.7 Å². The highest BCUT2D eigenvalue weighted by Gasteiger charge is 2.30. The molecule has 0 radical (unpaired) electrons. The van der Waals surface area contributed by atoms with Crippen LogP contribution in [-0.2, 0) is 4.79 Å². The summed E-state index contributed by atoms with van der Waals surface area (Å²) in [5.41, 5.74) is 2.74. The Balaban J connectivity index is 2.00. The van der Waals surface area contributed by atoms with Gasteiger partial charge in [0.1, 0.15) is 17.2 Å². The number of phenolic OH excluding ortho intramolecular Hbond substituents is 1. The summed E-state index contributed by atoms with van der Waals surface area (Å²) in [5, 5.41) is 10.8. The van der Waals surface area contributed by atoms with Crippen molar-refractivity contribution in [3.63, 3.8) is 0 Å². The minimum absolute atomic E-state index is 0.0740. The van der Waals surface area contributed by atoms with Crippen LogP contribution < -0.4 is 9.47 Å². The van der Waals surface area contributed by atoms with Crippen LogP contribution in [0.1, 0.15) is 49.3 Å². The number of nitrogens with zero attached hydrogens (tertiary/aromatic N) is 1. The molecule has 5 heteroatoms. The Kier molecular flexibility index (Phi) is 6.91. The second-order valence-electron chi connectivity index (χ2n) is 8.67. The van der Waals surface area contributed by atoms with Crippen LogP contribution in [0.2, 0.25) is 0 Å². The van der Waals surface area contributed by atoms with Crippen LogP contribution in [0.4, 0.5) is 0 Å². The number of carbonyl (C=O) groups excluding carboxylic acids is 1. The average molecular weight is 412 g/mol. The lowest BCUT2D eigenvalue weighted by atomic mass is 9.85. The maximum Gasteiger partial charge on any atom is 0.223 e. The fourth-order valence-electron chi connectivity index (χ4n) is 4.58. The standard InChI is InChI=1S/C25H33NO4/c1-16-6-8-19(9-7-16)21(13-24(28)26-14-17(2)10-18(3)15-26)25-22(27)11-20(29-4)12-23(25)30-5/h6-9,11-12,17-18,21,27H,10,13-15H2,1-5H3/t17-,18+,21?. The SMILES string of the molecule is COc1cc(O)c(C(CC(=O)N2C[C@H](C)C[C@H](C)C2)c2ccc(C)cc2)c(OC)c1. The third-order valence-corrected chi connectivity index (χ3v) is 5.98. The summed E-state index contributed by atoms with van der Waals surface area (Å²) in [7, 11) is 3.12. The number of carbonyl (C=O) groups is 1. The molecule has 1 unspecified atom stereocenters. The Morgan fingerprint density at radius 3 is 2.30 bits per heavy atom. The number of aromatic hydroxyl groups is 1. The van der Waals surface area contributed by atoms with E-state index in [-0.39, 0.29) is 24.0 Å². The Labute approximate surface area is 179 Å². The molecule has 1 aliphatic rings. The van der Waals surface area contributed by atoms with Crippen LogP contribution in [-0.4, -0.2) is 43.2 Å². The van der Waals surface area contributed by atoms with Gasteiger partial charge in [0.2, 0.25) is 5.91 Å². The summed E-state index contributed by atoms with van der Waals surface area (Å²) in [6.07, 6.45) is 1.43. The summed E-state index contributed by atoms with van der Waals surface area (Å²) in [6.45, 7) is 8.01. The monoisotopic (exact) mass is 411 g/mol. The summed E-state index contributed by atoms with van der Waals surface area (Å²) < 4.78 is 10.9. The summed E-state index contributed by atoms with van der Waals surface area (Å²) in [6, 6.07) is 11.5. The third kappa shape index (κ3) is 4.89. The van der Waals surface area contributed by atoms with Gasteiger partial charge >= 0.3 is 0 Å². The molecule has 5 nitrogen and oxygen atoms in total. The lowest BCUT2D eigenvalue weighted by Gasteiger charge is -2.36. The molecule has 2 aromatic carbocycles. The number of ether oxygens (including phenoxy) is 2. The van der Waals surface area contributed by atoms with E-state index < -0.39 is 0 Å². The van der Waals surface area contributed by atoms with E-state index in [0.29, 0.717) is 28.9 Å². The maximum absolute atomic E-state index is 13.3. The van der Waals surface area contributed by atoms with Gasteiger partial charge < -0.3 is 19.5 Å². The first-order chi connectivity index (χ1) is 14.3. The molecule has 0 saturated carbocycles. The van der Waals surface area contributed by atoms with Gasteiger partial charge in [0.05, 0.1) is 14.2 Å². The number of rotatable bonds is 6. The van der Waals surface area contributed by atoms with Gasteiger partial charge in [-0.2, -0.15) is 0 Å². The van der Waals surface area contributed by atoms with Crippen molar-refractivity contribution in [3.05, 3.63) is 53.1 Å². The molecule has 0 aromatic heterocycles. The van der Waals surface area contributed by atoms with Crippen molar-refractivity contribution in [1.82, 2.24) is 4.90 Å². The van der Waals surface area contributed by atoms with Crippen LogP contribution in [0, 0.1) is 18.8 Å². The van der Waals surface area contributed by atoms with E-state index in [2.05, 4.69) is 13.8 Å². The number of phenols is 1. The Morgan fingerprint density at radius 2 is 1.73 bits per heavy atom. The smallest absolute Gasteiger partial charge is 0.223 e. The van der Waals surface area contributed by atoms with Crippen LogP contribution in [0.25, 0.3) is 0 Å². The van der Waals surface area contributed by atoms with Crippen molar-refractivity contribution in [2.75, 3.05) is 27.3 Å². The topological polar surface area (TPSA) is 59.0 Å². The molecule has 3 atom stereocenters. The first kappa shape index (κ1) is 22.0. The van der Waals surface area contributed by atoms with Gasteiger partial charge in [-0.3, -0.25) is 4.79 Å². The molecule has 30 heavy (non-hydrogen) atoms. The molecular formula is C25H33NO4. The molecule has 1 amide bonds. The summed E-state index contributed by atoms with van der Waals surface area (Å²) in [5.74, 6) is 1.90. The Hall–Kier alpha value is -2.69. The molecule has 1 heterocycles. The normalized spacial score (nSPS) is 20.0. The van der Waals surface area contributed by atoms with Gasteiger partial charge in [0, 0.05) is 43.1 Å². The van der Waals surface area contributed by atoms with Crippen LogP contribution >= 0.6 is 0 Å². The third-order valence-electron chi connectivity index (χ3n) is 5.98. The second kappa shape index (κ2) is 9.41. The number of likely N-dealkylation sites (tertiary alicyclic amines) is 1. The Bertz CT molecular complexity index is 867. The highest BCUT2D eigenvalue weighted by molar-refractivity contribution is 5.78. The lowest BCUT2D eigenvalue weighted by Crippen LogP contribution is -2.43. The molecular weight excluding hydrogens is 378 g/mol. The zero-order valence-electron chi connectivity index (χ0n) is 18.6. The first-order valence-corrected chi connectivity index (χ1v) is 10.6. The van der Waals surface area contributed by atoms with Gasteiger partial charge in [-0.15, -0.1) is 0 Å². The number of hydrogen-bond donors (Lipinski definition) is 1. The van der Waals surface area contributed by atoms with E-state index in [4.69, 9.17) is 9.47 Å². The van der Waals surface area contributed by atoms with Crippen molar-refractivity contribution in [2.24, 2.45) is 11.8 Å². The number of benzene rings is 2. The quantitative estimate of drug-likeness (QED) is 0.746. The van der Waals surface area contributed by atoms with E-state index in [0.717, 1.165) is 30.6 Å². The molecule has 162 valence electrons. The second-order valence-corrected chi connectivity index (χ2v) is 8.67. The van der Waals surface area contributed by atoms with Crippen LogP contribution in [0.3, 0.4) is 0 Å². The van der Waals surface area contributed by atoms with E-state index in [9.17, 15) is 9.90 Å². The van der Waals surface area contributed by atoms with E-state index >= 15 is 0 Å². The molecule has 1 saturated heterocycles. The zero-order valence-corrected chi connectivity index (χ0v) is 18.6. The number of hydrogen-bond acceptors (Lipinski definition) is 4. The summed E-state index contributed by atoms with van der Waals surface area (Å²) >= 11 is 0. The van der Waals surface area contributed by atoms with E-state index in [1.807, 2.05) is 36.1 Å². The van der Waals surface area contributed by atoms with Crippen molar-refractivity contribution in [2.45, 2.75) is 39.5 Å². The minimum atomic E-state index is -0.313. The van der Waals surface area contributed by atoms with Crippen molar-refractivity contribution in [1.29, 1.82) is 0 Å². The average Bonchev–Trinajstić information content (AvgIpc) is 2.71. The predicted molar refractivity (Wildman–Crippen MR) is 118 cm³/mol. The molecule has 3 rings (SSSR count). The Morgan fingerprint density at radius 1 is 1.10 bits per heavy atom. The maximum atomic E-state index is 13.3. The van der Waals surface area contributed by atoms with Gasteiger partial charge in [-0.25, -0.2) is 0 Å². The van der Waals surface area contributed by atoms with Crippen molar-refractivity contribution in [3.8, 4) is 17.2 Å². The van der Waals surface area contributed by atoms with E-state index in [1.165, 1.54) is 0 Å². The number of amides is 1. The molecule has 0 bridgehead atoms. The van der Waals surface area contributed by atoms with Crippen molar-refractivity contribution >= 4 is 5.91 Å². The highest BCUT2D eigenvalue weighted by Crippen LogP contribution is 2.43. The first-order valence-electron chi connectivity index (χ1n) is 10.6. The molecule has 1 fully saturated rings. The minimum Gasteiger partial charge on any atom is -0.507 e. The van der Waals surface area contributed by atoms with Gasteiger partial charge in [-0.05, 0) is 30.7 Å². The fraction of sp³-hybridized carbons (Fsp3) is 0.480. The molecule has 0 spiro atoms. The van der Waals surface area contributed by atoms with E-state index in [1.54, 1.807) is 26.4 Å². The fourth-order valence-corrected chi connectivity index (χ4v) is 4.58. The van der Waals surface area contributed by atoms with Gasteiger partial charge in [0.25, 0.3) is 0 Å². The molecule has 1 aliphatic heterocycles. The van der Waals surface area contributed by atoms with Crippen molar-refractivity contribution < 1.29 is 19.4 Å². The lowest BCUT2D eigenvalue weighted by molar-refractivity contribution is -0.134.